The van der Waals surface area contributed by atoms with Gasteiger partial charge in [-0.05, 0) is 36.6 Å². The maximum absolute atomic E-state index is 13.2. The lowest BCUT2D eigenvalue weighted by Crippen LogP contribution is -2.33. The Balaban J connectivity index is 0.00000220. The predicted octanol–water partition coefficient (Wildman–Crippen LogP) is 3.17. The molecule has 6 heteroatoms. The second kappa shape index (κ2) is 8.86. The Morgan fingerprint density at radius 2 is 2.24 bits per heavy atom. The number of fused-ring (bicyclic) bond motifs is 1. The van der Waals surface area contributed by atoms with Crippen molar-refractivity contribution in [2.75, 3.05) is 13.1 Å². The molecule has 0 atom stereocenters. The first-order valence-corrected chi connectivity index (χ1v) is 7.00. The number of nitrogens with one attached hydrogen (secondary N) is 2. The molecule has 2 rings (SSSR count). The summed E-state index contributed by atoms with van der Waals surface area (Å²) in [6, 6.07) is 4.77. The van der Waals surface area contributed by atoms with Crippen molar-refractivity contribution >= 4 is 40.8 Å². The first kappa shape index (κ1) is 17.7. The highest BCUT2D eigenvalue weighted by molar-refractivity contribution is 14.0. The van der Waals surface area contributed by atoms with Crippen LogP contribution >= 0.6 is 24.0 Å². The van der Waals surface area contributed by atoms with E-state index >= 15 is 0 Å². The zero-order valence-corrected chi connectivity index (χ0v) is 14.5. The highest BCUT2D eigenvalue weighted by atomic mass is 127. The average Bonchev–Trinajstić information content (AvgIpc) is 2.82. The number of unbranched alkanes of at least 4 members (excludes halogenated alkanes) is 1. The summed E-state index contributed by atoms with van der Waals surface area (Å²) in [6.45, 7) is 3.56. The number of H-pyrrole nitrogens is 1. The lowest BCUT2D eigenvalue weighted by molar-refractivity contribution is 0.629. The van der Waals surface area contributed by atoms with Crippen molar-refractivity contribution in [1.29, 1.82) is 0 Å². The number of rotatable bonds is 6. The normalized spacial score (nSPS) is 11.4. The average molecular weight is 404 g/mol. The standard InChI is InChI=1S/C15H21FN4.HI/c1-2-3-7-18-15(17)19-8-6-11-10-20-14-5-4-12(16)9-13(11)14;/h4-5,9-10,20H,2-3,6-8H2,1H3,(H3,17,18,19);1H. The van der Waals surface area contributed by atoms with Crippen molar-refractivity contribution in [3.63, 3.8) is 0 Å². The molecule has 0 saturated carbocycles. The molecular formula is C15H22FIN4. The van der Waals surface area contributed by atoms with E-state index in [9.17, 15) is 4.39 Å². The van der Waals surface area contributed by atoms with Gasteiger partial charge in [-0.15, -0.1) is 24.0 Å². The molecule has 4 N–H and O–H groups in total. The molecule has 0 radical (unpaired) electrons. The number of guanidine groups is 1. The molecule has 4 nitrogen and oxygen atoms in total. The Labute approximate surface area is 141 Å². The SMILES string of the molecule is CCCCN=C(N)NCCc1c[nH]c2ccc(F)cc12.I. The maximum Gasteiger partial charge on any atom is 0.188 e. The minimum atomic E-state index is -0.216. The van der Waals surface area contributed by atoms with Gasteiger partial charge in [0.25, 0.3) is 0 Å². The van der Waals surface area contributed by atoms with Gasteiger partial charge in [-0.3, -0.25) is 4.99 Å². The smallest absolute Gasteiger partial charge is 0.188 e. The molecule has 0 aliphatic rings. The largest absolute Gasteiger partial charge is 0.370 e. The highest BCUT2D eigenvalue weighted by Crippen LogP contribution is 2.19. The summed E-state index contributed by atoms with van der Waals surface area (Å²) in [7, 11) is 0. The molecule has 1 aromatic heterocycles. The summed E-state index contributed by atoms with van der Waals surface area (Å²) in [5.74, 6) is 0.261. The van der Waals surface area contributed by atoms with Crippen molar-refractivity contribution in [3.05, 3.63) is 35.8 Å². The van der Waals surface area contributed by atoms with E-state index in [1.165, 1.54) is 6.07 Å². The third-order valence-corrected chi connectivity index (χ3v) is 3.22. The summed E-state index contributed by atoms with van der Waals surface area (Å²) in [5, 5.41) is 4.00. The van der Waals surface area contributed by atoms with E-state index in [4.69, 9.17) is 5.73 Å². The number of benzene rings is 1. The second-order valence-electron chi connectivity index (χ2n) is 4.80. The molecule has 0 saturated heterocycles. The minimum absolute atomic E-state index is 0. The monoisotopic (exact) mass is 404 g/mol. The minimum Gasteiger partial charge on any atom is -0.370 e. The Morgan fingerprint density at radius 3 is 3.00 bits per heavy atom. The molecule has 116 valence electrons. The molecule has 0 fully saturated rings. The number of aromatic nitrogens is 1. The Bertz CT molecular complexity index is 594. The van der Waals surface area contributed by atoms with Gasteiger partial charge in [0, 0.05) is 30.2 Å². The number of nitrogens with zero attached hydrogens (tertiary/aromatic N) is 1. The molecule has 0 unspecified atom stereocenters. The van der Waals surface area contributed by atoms with Crippen LogP contribution in [0.15, 0.2) is 29.4 Å². The van der Waals surface area contributed by atoms with Crippen LogP contribution < -0.4 is 11.1 Å². The van der Waals surface area contributed by atoms with Crippen molar-refractivity contribution in [2.24, 2.45) is 10.7 Å². The van der Waals surface area contributed by atoms with Gasteiger partial charge >= 0.3 is 0 Å². The zero-order chi connectivity index (χ0) is 14.4. The number of aromatic amines is 1. The molecule has 2 aromatic rings. The van der Waals surface area contributed by atoms with Gasteiger partial charge in [-0.2, -0.15) is 0 Å². The van der Waals surface area contributed by atoms with Crippen LogP contribution in [0.3, 0.4) is 0 Å². The van der Waals surface area contributed by atoms with E-state index in [0.29, 0.717) is 12.5 Å². The van der Waals surface area contributed by atoms with Crippen molar-refractivity contribution in [2.45, 2.75) is 26.2 Å². The third-order valence-electron chi connectivity index (χ3n) is 3.22. The fourth-order valence-corrected chi connectivity index (χ4v) is 2.10. The van der Waals surface area contributed by atoms with Crippen LogP contribution in [0.2, 0.25) is 0 Å². The number of hydrogen-bond acceptors (Lipinski definition) is 1. The van der Waals surface area contributed by atoms with Gasteiger partial charge < -0.3 is 16.0 Å². The number of aliphatic imine (C=N–C) groups is 1. The molecule has 0 bridgehead atoms. The molecule has 0 spiro atoms. The van der Waals surface area contributed by atoms with Crippen LogP contribution in [-0.2, 0) is 6.42 Å². The van der Waals surface area contributed by atoms with Gasteiger partial charge in [-0.1, -0.05) is 13.3 Å². The topological polar surface area (TPSA) is 66.2 Å². The fraction of sp³-hybridized carbons (Fsp3) is 0.400. The highest BCUT2D eigenvalue weighted by Gasteiger charge is 2.04. The van der Waals surface area contributed by atoms with Crippen molar-refractivity contribution < 1.29 is 4.39 Å². The van der Waals surface area contributed by atoms with Crippen LogP contribution in [0.5, 0.6) is 0 Å². The van der Waals surface area contributed by atoms with E-state index in [0.717, 1.165) is 42.3 Å². The van der Waals surface area contributed by atoms with Gasteiger partial charge in [0.05, 0.1) is 0 Å². The Hall–Kier alpha value is -1.31. The second-order valence-corrected chi connectivity index (χ2v) is 4.80. The summed E-state index contributed by atoms with van der Waals surface area (Å²) >= 11 is 0. The van der Waals surface area contributed by atoms with Crippen LogP contribution in [0.1, 0.15) is 25.3 Å². The summed E-state index contributed by atoms with van der Waals surface area (Å²) < 4.78 is 13.2. The molecular weight excluding hydrogens is 382 g/mol. The molecule has 21 heavy (non-hydrogen) atoms. The first-order chi connectivity index (χ1) is 9.70. The van der Waals surface area contributed by atoms with E-state index < -0.39 is 0 Å². The van der Waals surface area contributed by atoms with Crippen molar-refractivity contribution in [3.8, 4) is 0 Å². The lowest BCUT2D eigenvalue weighted by atomic mass is 10.1. The fourth-order valence-electron chi connectivity index (χ4n) is 2.10. The summed E-state index contributed by atoms with van der Waals surface area (Å²) in [4.78, 5) is 7.36. The summed E-state index contributed by atoms with van der Waals surface area (Å²) in [6.07, 6.45) is 4.84. The lowest BCUT2D eigenvalue weighted by Gasteiger charge is -2.05. The number of nitrogens with two attached hydrogens (primary N) is 1. The molecule has 1 aromatic carbocycles. The van der Waals surface area contributed by atoms with E-state index in [1.807, 2.05) is 6.20 Å². The predicted molar refractivity (Wildman–Crippen MR) is 96.8 cm³/mol. The molecule has 0 amide bonds. The van der Waals surface area contributed by atoms with Crippen LogP contribution in [-0.4, -0.2) is 24.0 Å². The molecule has 1 heterocycles. The zero-order valence-electron chi connectivity index (χ0n) is 12.2. The van der Waals surface area contributed by atoms with Crippen molar-refractivity contribution in [1.82, 2.24) is 10.3 Å². The Kier molecular flexibility index (Phi) is 7.49. The number of halogens is 2. The first-order valence-electron chi connectivity index (χ1n) is 7.00. The van der Waals surface area contributed by atoms with Gasteiger partial charge in [0.1, 0.15) is 5.82 Å². The summed E-state index contributed by atoms with van der Waals surface area (Å²) in [5.41, 5.74) is 7.79. The van der Waals surface area contributed by atoms with E-state index in [-0.39, 0.29) is 29.8 Å². The quantitative estimate of drug-likeness (QED) is 0.300. The number of hydrogen-bond donors (Lipinski definition) is 3. The van der Waals surface area contributed by atoms with Gasteiger partial charge in [0.15, 0.2) is 5.96 Å². The molecule has 0 aliphatic heterocycles. The third kappa shape index (κ3) is 5.18. The van der Waals surface area contributed by atoms with E-state index in [1.54, 1.807) is 12.1 Å². The van der Waals surface area contributed by atoms with Crippen LogP contribution in [0, 0.1) is 5.82 Å². The van der Waals surface area contributed by atoms with Crippen LogP contribution in [0.25, 0.3) is 10.9 Å². The Morgan fingerprint density at radius 1 is 1.43 bits per heavy atom. The van der Waals surface area contributed by atoms with Gasteiger partial charge in [0.2, 0.25) is 0 Å². The maximum atomic E-state index is 13.2. The van der Waals surface area contributed by atoms with E-state index in [2.05, 4.69) is 22.2 Å². The molecule has 0 aliphatic carbocycles. The van der Waals surface area contributed by atoms with Gasteiger partial charge in [-0.25, -0.2) is 4.39 Å². The van der Waals surface area contributed by atoms with Crippen LogP contribution in [0.4, 0.5) is 4.39 Å².